The minimum atomic E-state index is -1.02. The van der Waals surface area contributed by atoms with E-state index in [0.717, 1.165) is 29.3 Å². The summed E-state index contributed by atoms with van der Waals surface area (Å²) in [4.78, 5) is 74.1. The standard InChI is InChI=1S/C33H48N6O6/c1-5-21(2)30-29(41)20-38-17-11-9-15-28(38)33(44)35-25(13-8-10-16-34-22(3)40)31(42)36-26(32(43)37-30)18-23-19-39(45-4)27-14-7-6-12-24(23)27/h6-7,12,14,19,21,25-26,28,30H,5,8-11,13,15-18,20H2,1-4H3,(H,34,40)(H,35,44)(H,36,42)(H,37,43)/t21-,25-,26-,28+,30-/m0/s1. The molecule has 2 fully saturated rings. The van der Waals surface area contributed by atoms with Crippen LogP contribution in [-0.2, 0) is 30.4 Å². The number of benzene rings is 1. The topological polar surface area (TPSA) is 151 Å². The van der Waals surface area contributed by atoms with Crippen LogP contribution in [-0.4, -0.2) is 90.0 Å². The summed E-state index contributed by atoms with van der Waals surface area (Å²) in [6.07, 6.45) is 6.42. The molecule has 0 bridgehead atoms. The number of aromatic nitrogens is 1. The maximum Gasteiger partial charge on any atom is 0.243 e. The van der Waals surface area contributed by atoms with Gasteiger partial charge in [0, 0.05) is 31.5 Å². The number of carbonyl (C=O) groups is 5. The summed E-state index contributed by atoms with van der Waals surface area (Å²) in [7, 11) is 1.55. The minimum absolute atomic E-state index is 0.0438. The van der Waals surface area contributed by atoms with E-state index in [0.29, 0.717) is 45.2 Å². The lowest BCUT2D eigenvalue weighted by atomic mass is 9.93. The molecular weight excluding hydrogens is 576 g/mol. The maximum absolute atomic E-state index is 14.0. The zero-order chi connectivity index (χ0) is 32.5. The lowest BCUT2D eigenvalue weighted by molar-refractivity contribution is -0.134. The molecule has 2 saturated heterocycles. The average Bonchev–Trinajstić information content (AvgIpc) is 3.39. The fraction of sp³-hybridized carbons (Fsp3) is 0.606. The third kappa shape index (κ3) is 8.62. The van der Waals surface area contributed by atoms with E-state index in [1.54, 1.807) is 18.0 Å². The van der Waals surface area contributed by atoms with Gasteiger partial charge in [-0.2, -0.15) is 4.73 Å². The SMILES string of the molecule is CC[C@H](C)[C@@H]1NC(=O)[C@H](Cc2cn(OC)c3ccccc23)NC(=O)[C@H](CCCCNC(C)=O)NC(=O)[C@H]2CCCCN2CC1=O. The van der Waals surface area contributed by atoms with Crippen molar-refractivity contribution in [3.63, 3.8) is 0 Å². The molecule has 12 heteroatoms. The molecule has 2 aromatic rings. The third-order valence-electron chi connectivity index (χ3n) is 9.07. The number of ketones is 1. The number of fused-ring (bicyclic) bond motifs is 2. The van der Waals surface area contributed by atoms with Crippen LogP contribution in [0.25, 0.3) is 10.9 Å². The molecule has 0 spiro atoms. The van der Waals surface area contributed by atoms with Crippen molar-refractivity contribution in [2.24, 2.45) is 5.92 Å². The lowest BCUT2D eigenvalue weighted by Crippen LogP contribution is -2.57. The number of nitrogens with one attached hydrogen (secondary N) is 4. The normalized spacial score (nSPS) is 24.3. The van der Waals surface area contributed by atoms with Crippen molar-refractivity contribution < 1.29 is 28.8 Å². The molecule has 0 aliphatic carbocycles. The second-order valence-electron chi connectivity index (χ2n) is 12.3. The van der Waals surface area contributed by atoms with Gasteiger partial charge in [-0.3, -0.25) is 28.9 Å². The van der Waals surface area contributed by atoms with Gasteiger partial charge in [0.15, 0.2) is 5.78 Å². The van der Waals surface area contributed by atoms with E-state index >= 15 is 0 Å². The van der Waals surface area contributed by atoms with Crippen LogP contribution >= 0.6 is 0 Å². The zero-order valence-electron chi connectivity index (χ0n) is 26.9. The molecule has 1 aromatic heterocycles. The molecule has 2 aliphatic rings. The summed E-state index contributed by atoms with van der Waals surface area (Å²) in [6, 6.07) is 4.41. The number of rotatable bonds is 10. The molecule has 4 amide bonds. The Balaban J connectivity index is 1.68. The zero-order valence-corrected chi connectivity index (χ0v) is 26.9. The van der Waals surface area contributed by atoms with E-state index in [2.05, 4.69) is 21.3 Å². The molecule has 4 N–H and O–H groups in total. The van der Waals surface area contributed by atoms with Crippen LogP contribution < -0.4 is 26.1 Å². The number of piperidine rings is 1. The smallest absolute Gasteiger partial charge is 0.243 e. The Morgan fingerprint density at radius 3 is 2.49 bits per heavy atom. The van der Waals surface area contributed by atoms with Crippen molar-refractivity contribution in [3.05, 3.63) is 36.0 Å². The highest BCUT2D eigenvalue weighted by Crippen LogP contribution is 2.23. The third-order valence-corrected chi connectivity index (χ3v) is 9.07. The van der Waals surface area contributed by atoms with Crippen LogP contribution in [0.5, 0.6) is 0 Å². The Morgan fingerprint density at radius 2 is 1.76 bits per heavy atom. The predicted octanol–water partition coefficient (Wildman–Crippen LogP) is 1.49. The van der Waals surface area contributed by atoms with Crippen molar-refractivity contribution >= 4 is 40.3 Å². The largest absolute Gasteiger partial charge is 0.417 e. The van der Waals surface area contributed by atoms with Crippen LogP contribution in [0.4, 0.5) is 0 Å². The van der Waals surface area contributed by atoms with E-state index in [1.807, 2.05) is 43.0 Å². The van der Waals surface area contributed by atoms with E-state index in [9.17, 15) is 24.0 Å². The van der Waals surface area contributed by atoms with Gasteiger partial charge in [-0.1, -0.05) is 44.9 Å². The second-order valence-corrected chi connectivity index (χ2v) is 12.3. The number of hydrogen-bond donors (Lipinski definition) is 4. The van der Waals surface area contributed by atoms with Crippen molar-refractivity contribution in [2.75, 3.05) is 26.7 Å². The number of Topliss-reactive ketones (excluding diaryl/α,β-unsaturated/α-hetero) is 1. The summed E-state index contributed by atoms with van der Waals surface area (Å²) in [6.45, 7) is 6.44. The second kappa shape index (κ2) is 15.9. The number of nitrogens with zero attached hydrogens (tertiary/aromatic N) is 2. The number of amides is 4. The number of para-hydroxylation sites is 1. The van der Waals surface area contributed by atoms with Gasteiger partial charge in [0.2, 0.25) is 23.6 Å². The minimum Gasteiger partial charge on any atom is -0.417 e. The van der Waals surface area contributed by atoms with Crippen LogP contribution in [0.15, 0.2) is 30.5 Å². The summed E-state index contributed by atoms with van der Waals surface area (Å²) in [5, 5.41) is 12.5. The molecule has 0 unspecified atom stereocenters. The van der Waals surface area contributed by atoms with Gasteiger partial charge in [0.05, 0.1) is 24.1 Å². The van der Waals surface area contributed by atoms with E-state index in [-0.39, 0.29) is 36.5 Å². The monoisotopic (exact) mass is 624 g/mol. The highest BCUT2D eigenvalue weighted by Gasteiger charge is 2.37. The summed E-state index contributed by atoms with van der Waals surface area (Å²) in [5.74, 6) is -1.63. The number of hydrogen-bond acceptors (Lipinski definition) is 7. The fourth-order valence-electron chi connectivity index (χ4n) is 6.31. The summed E-state index contributed by atoms with van der Waals surface area (Å²) in [5.41, 5.74) is 1.61. The van der Waals surface area contributed by atoms with Crippen LogP contribution in [0.1, 0.15) is 71.3 Å². The average molecular weight is 625 g/mol. The number of carbonyl (C=O) groups excluding carboxylic acids is 5. The first kappa shape index (κ1) is 34.0. The van der Waals surface area contributed by atoms with Crippen molar-refractivity contribution in [3.8, 4) is 0 Å². The van der Waals surface area contributed by atoms with Gasteiger partial charge in [-0.05, 0) is 56.2 Å². The van der Waals surface area contributed by atoms with Gasteiger partial charge in [-0.15, -0.1) is 0 Å². The fourth-order valence-corrected chi connectivity index (χ4v) is 6.31. The Morgan fingerprint density at radius 1 is 1.02 bits per heavy atom. The van der Waals surface area contributed by atoms with Gasteiger partial charge in [-0.25, -0.2) is 0 Å². The summed E-state index contributed by atoms with van der Waals surface area (Å²) >= 11 is 0. The first-order chi connectivity index (χ1) is 21.6. The lowest BCUT2D eigenvalue weighted by Gasteiger charge is -2.36. The van der Waals surface area contributed by atoms with Gasteiger partial charge >= 0.3 is 0 Å². The van der Waals surface area contributed by atoms with E-state index < -0.39 is 36.0 Å². The Labute approximate surface area is 264 Å². The van der Waals surface area contributed by atoms with E-state index in [1.165, 1.54) is 6.92 Å². The molecule has 2 aliphatic heterocycles. The molecule has 3 heterocycles. The first-order valence-corrected chi connectivity index (χ1v) is 16.2. The van der Waals surface area contributed by atoms with Crippen molar-refractivity contribution in [1.82, 2.24) is 30.9 Å². The number of unbranched alkanes of at least 4 members (excludes halogenated alkanes) is 1. The van der Waals surface area contributed by atoms with Crippen LogP contribution in [0, 0.1) is 5.92 Å². The molecule has 0 radical (unpaired) electrons. The van der Waals surface area contributed by atoms with Crippen molar-refractivity contribution in [2.45, 2.75) is 96.3 Å². The van der Waals surface area contributed by atoms with Gasteiger partial charge in [0.25, 0.3) is 0 Å². The molecular formula is C33H48N6O6. The highest BCUT2D eigenvalue weighted by atomic mass is 16.6. The van der Waals surface area contributed by atoms with Crippen LogP contribution in [0.3, 0.4) is 0 Å². The predicted molar refractivity (Wildman–Crippen MR) is 170 cm³/mol. The van der Waals surface area contributed by atoms with E-state index in [4.69, 9.17) is 4.84 Å². The molecule has 45 heavy (non-hydrogen) atoms. The Kier molecular flexibility index (Phi) is 12.0. The van der Waals surface area contributed by atoms with Crippen LogP contribution in [0.2, 0.25) is 0 Å². The molecule has 0 saturated carbocycles. The quantitative estimate of drug-likeness (QED) is 0.293. The highest BCUT2D eigenvalue weighted by molar-refractivity contribution is 5.97. The summed E-state index contributed by atoms with van der Waals surface area (Å²) < 4.78 is 1.61. The van der Waals surface area contributed by atoms with Gasteiger partial charge < -0.3 is 26.1 Å². The molecule has 4 rings (SSSR count). The molecule has 246 valence electrons. The molecule has 5 atom stereocenters. The molecule has 12 nitrogen and oxygen atoms in total. The molecule has 1 aromatic carbocycles. The van der Waals surface area contributed by atoms with Gasteiger partial charge in [0.1, 0.15) is 19.2 Å². The first-order valence-electron chi connectivity index (χ1n) is 16.2. The Hall–Kier alpha value is -3.93. The maximum atomic E-state index is 14.0. The Bertz CT molecular complexity index is 1370. The van der Waals surface area contributed by atoms with Crippen molar-refractivity contribution in [1.29, 1.82) is 0 Å².